The standard InChI is InChI=1S/C25H29FN6O3/c1-15(33)29-12-25(2)13-34-23(35-14-25)22-31-20(17-5-7-18(26)8-6-17)21(32-22)19-9-10-27-24(30-19)28-11-16-3-4-16/h5-10,16,23H,3-4,11-14H2,1-2H3,(H,29,33)(H,31,32)(H,27,28,30). The van der Waals surface area contributed by atoms with Crippen molar-refractivity contribution in [3.63, 3.8) is 0 Å². The summed E-state index contributed by atoms with van der Waals surface area (Å²) in [5, 5.41) is 6.12. The quantitative estimate of drug-likeness (QED) is 0.451. The number of ether oxygens (including phenoxy) is 2. The lowest BCUT2D eigenvalue weighted by Gasteiger charge is -2.36. The summed E-state index contributed by atoms with van der Waals surface area (Å²) in [5.41, 5.74) is 2.34. The van der Waals surface area contributed by atoms with Crippen LogP contribution in [0.25, 0.3) is 22.6 Å². The smallest absolute Gasteiger partial charge is 0.223 e. The van der Waals surface area contributed by atoms with Crippen molar-refractivity contribution >= 4 is 11.9 Å². The van der Waals surface area contributed by atoms with Crippen LogP contribution in [0.1, 0.15) is 38.8 Å². The van der Waals surface area contributed by atoms with Crippen molar-refractivity contribution in [2.45, 2.75) is 33.0 Å². The van der Waals surface area contributed by atoms with Gasteiger partial charge in [-0.2, -0.15) is 0 Å². The average molecular weight is 481 g/mol. The maximum atomic E-state index is 13.6. The van der Waals surface area contributed by atoms with Crippen LogP contribution in [-0.4, -0.2) is 52.1 Å². The van der Waals surface area contributed by atoms with Gasteiger partial charge in [-0.15, -0.1) is 0 Å². The Morgan fingerprint density at radius 1 is 1.17 bits per heavy atom. The SMILES string of the molecule is CC(=O)NCC1(C)COC(c2nc(-c3ccc(F)cc3)c(-c3ccnc(NCC4CC4)n3)[nH]2)OC1. The van der Waals surface area contributed by atoms with Gasteiger partial charge in [0.05, 0.1) is 30.3 Å². The second kappa shape index (κ2) is 9.71. The number of imidazole rings is 1. The van der Waals surface area contributed by atoms with Gasteiger partial charge < -0.3 is 25.1 Å². The number of rotatable bonds is 8. The van der Waals surface area contributed by atoms with Gasteiger partial charge in [-0.1, -0.05) is 6.92 Å². The highest BCUT2D eigenvalue weighted by Crippen LogP contribution is 2.35. The Balaban J connectivity index is 1.41. The summed E-state index contributed by atoms with van der Waals surface area (Å²) < 4.78 is 25.6. The molecule has 5 rings (SSSR count). The lowest BCUT2D eigenvalue weighted by molar-refractivity contribution is -0.232. The van der Waals surface area contributed by atoms with Crippen molar-refractivity contribution < 1.29 is 18.7 Å². The Bertz CT molecular complexity index is 1190. The molecular weight excluding hydrogens is 451 g/mol. The molecule has 3 N–H and O–H groups in total. The predicted octanol–water partition coefficient (Wildman–Crippen LogP) is 3.68. The van der Waals surface area contributed by atoms with Gasteiger partial charge in [0.25, 0.3) is 0 Å². The van der Waals surface area contributed by atoms with Crippen LogP contribution in [0.4, 0.5) is 10.3 Å². The Hall–Kier alpha value is -3.37. The van der Waals surface area contributed by atoms with Crippen molar-refractivity contribution in [1.82, 2.24) is 25.3 Å². The van der Waals surface area contributed by atoms with Crippen LogP contribution in [0, 0.1) is 17.2 Å². The molecular formula is C25H29FN6O3. The molecule has 0 radical (unpaired) electrons. The molecule has 1 saturated heterocycles. The van der Waals surface area contributed by atoms with E-state index in [-0.39, 0.29) is 17.1 Å². The maximum absolute atomic E-state index is 13.6. The predicted molar refractivity (Wildman–Crippen MR) is 128 cm³/mol. The van der Waals surface area contributed by atoms with E-state index in [4.69, 9.17) is 14.5 Å². The van der Waals surface area contributed by atoms with Crippen molar-refractivity contribution in [2.75, 3.05) is 31.6 Å². The first-order valence-corrected chi connectivity index (χ1v) is 11.8. The topological polar surface area (TPSA) is 114 Å². The Morgan fingerprint density at radius 2 is 1.91 bits per heavy atom. The minimum absolute atomic E-state index is 0.0937. The Morgan fingerprint density at radius 3 is 2.60 bits per heavy atom. The molecule has 2 fully saturated rings. The average Bonchev–Trinajstić information content (AvgIpc) is 3.59. The first-order chi connectivity index (χ1) is 16.9. The van der Waals surface area contributed by atoms with Crippen molar-refractivity contribution in [1.29, 1.82) is 0 Å². The van der Waals surface area contributed by atoms with E-state index in [1.165, 1.54) is 31.9 Å². The highest BCUT2D eigenvalue weighted by Gasteiger charge is 2.35. The molecule has 0 unspecified atom stereocenters. The summed E-state index contributed by atoms with van der Waals surface area (Å²) in [5.74, 6) is 1.31. The third-order valence-electron chi connectivity index (χ3n) is 6.15. The number of aromatic nitrogens is 4. The molecule has 3 heterocycles. The summed E-state index contributed by atoms with van der Waals surface area (Å²) >= 11 is 0. The number of nitrogens with zero attached hydrogens (tertiary/aromatic N) is 3. The molecule has 1 aliphatic carbocycles. The van der Waals surface area contributed by atoms with Crippen LogP contribution < -0.4 is 10.6 Å². The summed E-state index contributed by atoms with van der Waals surface area (Å²) in [6.07, 6.45) is 3.46. The number of amides is 1. The lowest BCUT2D eigenvalue weighted by atomic mass is 9.92. The van der Waals surface area contributed by atoms with Gasteiger partial charge in [0.2, 0.25) is 18.1 Å². The summed E-state index contributed by atoms with van der Waals surface area (Å²) in [6.45, 7) is 5.57. The molecule has 1 saturated carbocycles. The molecule has 1 aromatic carbocycles. The van der Waals surface area contributed by atoms with Crippen LogP contribution in [0.3, 0.4) is 0 Å². The summed E-state index contributed by atoms with van der Waals surface area (Å²) in [6, 6.07) is 7.96. The van der Waals surface area contributed by atoms with Gasteiger partial charge in [-0.05, 0) is 49.1 Å². The second-order valence-corrected chi connectivity index (χ2v) is 9.62. The van der Waals surface area contributed by atoms with Crippen molar-refractivity contribution in [3.05, 3.63) is 48.2 Å². The van der Waals surface area contributed by atoms with E-state index < -0.39 is 6.29 Å². The van der Waals surface area contributed by atoms with Crippen molar-refractivity contribution in [3.8, 4) is 22.6 Å². The molecule has 0 bridgehead atoms. The zero-order valence-corrected chi connectivity index (χ0v) is 19.8. The van der Waals surface area contributed by atoms with E-state index in [1.54, 1.807) is 24.4 Å². The van der Waals surface area contributed by atoms with Crippen LogP contribution in [-0.2, 0) is 14.3 Å². The fourth-order valence-electron chi connectivity index (χ4n) is 3.89. The minimum atomic E-state index is -0.706. The van der Waals surface area contributed by atoms with E-state index in [1.807, 2.05) is 6.92 Å². The summed E-state index contributed by atoms with van der Waals surface area (Å²) in [7, 11) is 0. The number of anilines is 1. The largest absolute Gasteiger partial charge is 0.356 e. The number of nitrogens with one attached hydrogen (secondary N) is 3. The van der Waals surface area contributed by atoms with Crippen molar-refractivity contribution in [2.24, 2.45) is 11.3 Å². The fourth-order valence-corrected chi connectivity index (χ4v) is 3.89. The van der Waals surface area contributed by atoms with Crippen LogP contribution >= 0.6 is 0 Å². The number of aromatic amines is 1. The molecule has 2 aliphatic rings. The zero-order valence-electron chi connectivity index (χ0n) is 19.8. The van der Waals surface area contributed by atoms with Crippen LogP contribution in [0.15, 0.2) is 36.5 Å². The zero-order chi connectivity index (χ0) is 24.4. The number of H-pyrrole nitrogens is 1. The molecule has 0 atom stereocenters. The van der Waals surface area contributed by atoms with E-state index in [9.17, 15) is 9.18 Å². The highest BCUT2D eigenvalue weighted by atomic mass is 19.1. The van der Waals surface area contributed by atoms with Gasteiger partial charge in [-0.25, -0.2) is 19.3 Å². The van der Waals surface area contributed by atoms with E-state index >= 15 is 0 Å². The second-order valence-electron chi connectivity index (χ2n) is 9.62. The number of carbonyl (C=O) groups excluding carboxylic acids is 1. The monoisotopic (exact) mass is 480 g/mol. The van der Waals surface area contributed by atoms with Gasteiger partial charge in [0, 0.05) is 37.2 Å². The lowest BCUT2D eigenvalue weighted by Crippen LogP contribution is -2.45. The molecule has 0 spiro atoms. The molecule has 2 aromatic heterocycles. The number of benzene rings is 1. The van der Waals surface area contributed by atoms with Gasteiger partial charge in [0.1, 0.15) is 5.82 Å². The summed E-state index contributed by atoms with van der Waals surface area (Å²) in [4.78, 5) is 28.4. The van der Waals surface area contributed by atoms with Gasteiger partial charge in [0.15, 0.2) is 5.82 Å². The Labute approximate surface area is 202 Å². The molecule has 184 valence electrons. The van der Waals surface area contributed by atoms with E-state index in [2.05, 4.69) is 25.6 Å². The van der Waals surface area contributed by atoms with E-state index in [0.717, 1.165) is 12.1 Å². The third kappa shape index (κ3) is 5.66. The van der Waals surface area contributed by atoms with Crippen LogP contribution in [0.2, 0.25) is 0 Å². The maximum Gasteiger partial charge on any atom is 0.223 e. The third-order valence-corrected chi connectivity index (χ3v) is 6.15. The molecule has 1 amide bonds. The van der Waals surface area contributed by atoms with Gasteiger partial charge in [-0.3, -0.25) is 4.79 Å². The van der Waals surface area contributed by atoms with E-state index in [0.29, 0.717) is 54.5 Å². The molecule has 1 aliphatic heterocycles. The molecule has 10 heteroatoms. The van der Waals surface area contributed by atoms with Crippen LogP contribution in [0.5, 0.6) is 0 Å². The number of hydrogen-bond donors (Lipinski definition) is 3. The first kappa shape index (κ1) is 23.4. The highest BCUT2D eigenvalue weighted by molar-refractivity contribution is 5.77. The molecule has 9 nitrogen and oxygen atoms in total. The number of halogens is 1. The van der Waals surface area contributed by atoms with Gasteiger partial charge >= 0.3 is 0 Å². The number of hydrogen-bond acceptors (Lipinski definition) is 7. The fraction of sp³-hybridized carbons (Fsp3) is 0.440. The number of carbonyl (C=O) groups is 1. The molecule has 3 aromatic rings. The normalized spacial score (nSPS) is 22.1. The Kier molecular flexibility index (Phi) is 6.48. The minimum Gasteiger partial charge on any atom is -0.356 e. The first-order valence-electron chi connectivity index (χ1n) is 11.8. The molecule has 35 heavy (non-hydrogen) atoms.